The van der Waals surface area contributed by atoms with Crippen LogP contribution in [-0.4, -0.2) is 51.1 Å². The number of nitrogens with one attached hydrogen (secondary N) is 1. The highest BCUT2D eigenvalue weighted by atomic mass is 16.5. The fourth-order valence-electron chi connectivity index (χ4n) is 4.02. The first-order valence-electron chi connectivity index (χ1n) is 9.46. The smallest absolute Gasteiger partial charge is 0.223 e. The maximum absolute atomic E-state index is 5.09. The molecule has 1 saturated heterocycles. The Morgan fingerprint density at radius 2 is 2.19 bits per heavy atom. The number of aromatic amines is 1. The van der Waals surface area contributed by atoms with Crippen LogP contribution in [0.25, 0.3) is 10.9 Å². The molecule has 0 aliphatic carbocycles. The monoisotopic (exact) mass is 353 g/mol. The molecule has 0 radical (unpaired) electrons. The van der Waals surface area contributed by atoms with Gasteiger partial charge in [-0.05, 0) is 57.1 Å². The van der Waals surface area contributed by atoms with Crippen molar-refractivity contribution >= 4 is 10.9 Å². The van der Waals surface area contributed by atoms with Crippen molar-refractivity contribution in [1.29, 1.82) is 0 Å². The molecule has 0 amide bonds. The molecule has 3 heterocycles. The first-order valence-corrected chi connectivity index (χ1v) is 9.46. The van der Waals surface area contributed by atoms with Crippen molar-refractivity contribution in [2.24, 2.45) is 0 Å². The van der Waals surface area contributed by atoms with Crippen molar-refractivity contribution in [2.45, 2.75) is 45.3 Å². The second kappa shape index (κ2) is 7.60. The van der Waals surface area contributed by atoms with Crippen molar-refractivity contribution in [1.82, 2.24) is 24.9 Å². The molecule has 0 saturated carbocycles. The molecule has 1 N–H and O–H groups in total. The Morgan fingerprint density at radius 3 is 3.04 bits per heavy atom. The number of fused-ring (bicyclic) bond motifs is 1. The topological polar surface area (TPSA) is 61.2 Å². The minimum absolute atomic E-state index is 0.571. The normalized spacial score (nSPS) is 19.3. The fourth-order valence-corrected chi connectivity index (χ4v) is 4.02. The van der Waals surface area contributed by atoms with Gasteiger partial charge in [-0.1, -0.05) is 17.3 Å². The maximum atomic E-state index is 5.09. The predicted octanol–water partition coefficient (Wildman–Crippen LogP) is 3.35. The summed E-state index contributed by atoms with van der Waals surface area (Å²) in [4.78, 5) is 12.6. The summed E-state index contributed by atoms with van der Waals surface area (Å²) >= 11 is 0. The standard InChI is InChI=1S/C20H27N5O/c1-15-22-20(23-26-15)14-24(2)17-6-4-11-25(12-9-17)13-16-5-3-7-19-18(16)8-10-21-19/h3,5,7-8,10,17,21H,4,6,9,11-14H2,1-2H3/t17-/m0/s1. The lowest BCUT2D eigenvalue weighted by molar-refractivity contribution is 0.200. The quantitative estimate of drug-likeness (QED) is 0.762. The lowest BCUT2D eigenvalue weighted by Gasteiger charge is -2.26. The highest BCUT2D eigenvalue weighted by molar-refractivity contribution is 5.82. The van der Waals surface area contributed by atoms with Gasteiger partial charge in [0.15, 0.2) is 5.82 Å². The number of rotatable bonds is 5. The first-order chi connectivity index (χ1) is 12.7. The van der Waals surface area contributed by atoms with E-state index in [4.69, 9.17) is 4.52 Å². The Labute approximate surface area is 154 Å². The number of hydrogen-bond donors (Lipinski definition) is 1. The third kappa shape index (κ3) is 3.81. The van der Waals surface area contributed by atoms with Gasteiger partial charge in [0.25, 0.3) is 0 Å². The Hall–Kier alpha value is -2.18. The molecule has 138 valence electrons. The van der Waals surface area contributed by atoms with Crippen molar-refractivity contribution in [2.75, 3.05) is 20.1 Å². The number of aryl methyl sites for hydroxylation is 1. The van der Waals surface area contributed by atoms with Crippen LogP contribution in [0.5, 0.6) is 0 Å². The molecule has 1 aromatic carbocycles. The van der Waals surface area contributed by atoms with E-state index in [2.05, 4.69) is 56.2 Å². The Bertz CT molecular complexity index is 855. The second-order valence-corrected chi connectivity index (χ2v) is 7.36. The summed E-state index contributed by atoms with van der Waals surface area (Å²) in [6, 6.07) is 9.30. The molecule has 6 heteroatoms. The summed E-state index contributed by atoms with van der Waals surface area (Å²) in [5, 5.41) is 5.37. The van der Waals surface area contributed by atoms with Crippen LogP contribution in [-0.2, 0) is 13.1 Å². The molecule has 0 unspecified atom stereocenters. The number of hydrogen-bond acceptors (Lipinski definition) is 5. The molecule has 0 spiro atoms. The number of H-pyrrole nitrogens is 1. The van der Waals surface area contributed by atoms with Gasteiger partial charge in [0.1, 0.15) is 0 Å². The highest BCUT2D eigenvalue weighted by Crippen LogP contribution is 2.22. The zero-order valence-electron chi connectivity index (χ0n) is 15.6. The average Bonchev–Trinajstić information content (AvgIpc) is 3.20. The molecular weight excluding hydrogens is 326 g/mol. The van der Waals surface area contributed by atoms with Crippen LogP contribution in [0.3, 0.4) is 0 Å². The summed E-state index contributed by atoms with van der Waals surface area (Å²) in [5.74, 6) is 1.42. The molecule has 1 fully saturated rings. The predicted molar refractivity (Wildman–Crippen MR) is 102 cm³/mol. The van der Waals surface area contributed by atoms with Gasteiger partial charge in [-0.2, -0.15) is 4.98 Å². The van der Waals surface area contributed by atoms with E-state index in [0.29, 0.717) is 11.9 Å². The SMILES string of the molecule is Cc1nc(CN(C)[C@H]2CCCN(Cc3cccc4[nH]ccc34)CC2)no1. The third-order valence-corrected chi connectivity index (χ3v) is 5.45. The van der Waals surface area contributed by atoms with Gasteiger partial charge in [0.2, 0.25) is 5.89 Å². The van der Waals surface area contributed by atoms with E-state index in [1.165, 1.54) is 35.7 Å². The van der Waals surface area contributed by atoms with E-state index in [9.17, 15) is 0 Å². The second-order valence-electron chi connectivity index (χ2n) is 7.36. The van der Waals surface area contributed by atoms with Crippen LogP contribution in [0, 0.1) is 6.92 Å². The molecular formula is C20H27N5O. The van der Waals surface area contributed by atoms with E-state index in [1.807, 2.05) is 13.1 Å². The van der Waals surface area contributed by atoms with Crippen molar-refractivity contribution in [3.63, 3.8) is 0 Å². The van der Waals surface area contributed by atoms with Gasteiger partial charge in [-0.15, -0.1) is 0 Å². The molecule has 6 nitrogen and oxygen atoms in total. The zero-order valence-corrected chi connectivity index (χ0v) is 15.6. The van der Waals surface area contributed by atoms with E-state index in [1.54, 1.807) is 0 Å². The van der Waals surface area contributed by atoms with E-state index >= 15 is 0 Å². The molecule has 1 aliphatic rings. The summed E-state index contributed by atoms with van der Waals surface area (Å²) in [6.07, 6.45) is 5.65. The van der Waals surface area contributed by atoms with Crippen LogP contribution in [0.1, 0.15) is 36.5 Å². The van der Waals surface area contributed by atoms with Crippen LogP contribution < -0.4 is 0 Å². The summed E-state index contributed by atoms with van der Waals surface area (Å²) < 4.78 is 5.09. The zero-order chi connectivity index (χ0) is 17.9. The van der Waals surface area contributed by atoms with Gasteiger partial charge < -0.3 is 9.51 Å². The van der Waals surface area contributed by atoms with Gasteiger partial charge in [0.05, 0.1) is 6.54 Å². The molecule has 1 aliphatic heterocycles. The van der Waals surface area contributed by atoms with Crippen LogP contribution >= 0.6 is 0 Å². The number of likely N-dealkylation sites (tertiary alicyclic amines) is 1. The molecule has 26 heavy (non-hydrogen) atoms. The molecule has 1 atom stereocenters. The maximum Gasteiger partial charge on any atom is 0.223 e. The van der Waals surface area contributed by atoms with Gasteiger partial charge in [0, 0.05) is 36.6 Å². The number of benzene rings is 1. The minimum atomic E-state index is 0.571. The largest absolute Gasteiger partial charge is 0.361 e. The minimum Gasteiger partial charge on any atom is -0.361 e. The Kier molecular flexibility index (Phi) is 5.04. The Balaban J connectivity index is 1.36. The summed E-state index contributed by atoms with van der Waals surface area (Å²) in [5.41, 5.74) is 2.64. The third-order valence-electron chi connectivity index (χ3n) is 5.45. The number of nitrogens with zero attached hydrogens (tertiary/aromatic N) is 4. The average molecular weight is 353 g/mol. The molecule has 2 aromatic heterocycles. The van der Waals surface area contributed by atoms with Crippen LogP contribution in [0.4, 0.5) is 0 Å². The van der Waals surface area contributed by atoms with Crippen molar-refractivity contribution in [3.8, 4) is 0 Å². The Morgan fingerprint density at radius 1 is 1.27 bits per heavy atom. The lowest BCUT2D eigenvalue weighted by atomic mass is 10.1. The van der Waals surface area contributed by atoms with Gasteiger partial charge in [-0.3, -0.25) is 9.80 Å². The lowest BCUT2D eigenvalue weighted by Crippen LogP contribution is -2.33. The van der Waals surface area contributed by atoms with Gasteiger partial charge >= 0.3 is 0 Å². The first kappa shape index (κ1) is 17.2. The van der Waals surface area contributed by atoms with Crippen molar-refractivity contribution < 1.29 is 4.52 Å². The van der Waals surface area contributed by atoms with Crippen LogP contribution in [0.15, 0.2) is 35.0 Å². The summed E-state index contributed by atoms with van der Waals surface area (Å²) in [7, 11) is 2.17. The van der Waals surface area contributed by atoms with E-state index in [0.717, 1.165) is 32.0 Å². The molecule has 4 rings (SSSR count). The van der Waals surface area contributed by atoms with E-state index in [-0.39, 0.29) is 0 Å². The molecule has 3 aromatic rings. The number of aromatic nitrogens is 3. The van der Waals surface area contributed by atoms with Crippen LogP contribution in [0.2, 0.25) is 0 Å². The highest BCUT2D eigenvalue weighted by Gasteiger charge is 2.22. The molecule has 0 bridgehead atoms. The van der Waals surface area contributed by atoms with Crippen molar-refractivity contribution in [3.05, 3.63) is 47.7 Å². The summed E-state index contributed by atoms with van der Waals surface area (Å²) in [6.45, 7) is 5.90. The van der Waals surface area contributed by atoms with E-state index < -0.39 is 0 Å². The van der Waals surface area contributed by atoms with Gasteiger partial charge in [-0.25, -0.2) is 0 Å². The fraction of sp³-hybridized carbons (Fsp3) is 0.500.